The molecule has 0 radical (unpaired) electrons. The average Bonchev–Trinajstić information content (AvgIpc) is 3.28. The summed E-state index contributed by atoms with van der Waals surface area (Å²) in [6.45, 7) is 2.96. The fourth-order valence-electron chi connectivity index (χ4n) is 4.35. The number of ether oxygens (including phenoxy) is 2. The van der Waals surface area contributed by atoms with Gasteiger partial charge in [-0.2, -0.15) is 5.10 Å². The summed E-state index contributed by atoms with van der Waals surface area (Å²) in [5.74, 6) is 1.82. The lowest BCUT2D eigenvalue weighted by atomic mass is 9.96. The quantitative estimate of drug-likeness (QED) is 0.326. The van der Waals surface area contributed by atoms with Crippen LogP contribution < -0.4 is 9.47 Å². The maximum absolute atomic E-state index is 6.48. The Morgan fingerprint density at radius 1 is 1.03 bits per heavy atom. The third kappa shape index (κ3) is 4.26. The van der Waals surface area contributed by atoms with Crippen molar-refractivity contribution in [2.24, 2.45) is 5.10 Å². The Kier molecular flexibility index (Phi) is 6.17. The van der Waals surface area contributed by atoms with Gasteiger partial charge in [0.25, 0.3) is 0 Å². The summed E-state index contributed by atoms with van der Waals surface area (Å²) in [6.07, 6.45) is 4.06. The van der Waals surface area contributed by atoms with Crippen molar-refractivity contribution in [1.82, 2.24) is 5.01 Å². The highest BCUT2D eigenvalue weighted by atomic mass is 79.9. The van der Waals surface area contributed by atoms with Crippen LogP contribution in [0.4, 0.5) is 0 Å². The number of benzene rings is 3. The minimum atomic E-state index is -0.274. The summed E-state index contributed by atoms with van der Waals surface area (Å²) in [5, 5.41) is 7.16. The lowest BCUT2D eigenvalue weighted by Gasteiger charge is -2.38. The Bertz CT molecular complexity index is 1100. The summed E-state index contributed by atoms with van der Waals surface area (Å²) in [5.41, 5.74) is 4.49. The summed E-state index contributed by atoms with van der Waals surface area (Å²) in [6, 6.07) is 25.1. The fraction of sp³-hybridized carbons (Fsp3) is 0.296. The molecule has 0 aromatic heterocycles. The van der Waals surface area contributed by atoms with E-state index in [0.29, 0.717) is 0 Å². The molecule has 2 atom stereocenters. The minimum absolute atomic E-state index is 0.140. The SMILES string of the molecule is CCCCCOc1ccc([C@@H]2Oc3ccc(Br)cc3[C@H]3CC(c4ccccc4)=NN32)cc1. The van der Waals surface area contributed by atoms with Crippen molar-refractivity contribution >= 4 is 21.6 Å². The van der Waals surface area contributed by atoms with Crippen LogP contribution in [0.1, 0.15) is 61.6 Å². The molecule has 2 heterocycles. The zero-order valence-electron chi connectivity index (χ0n) is 18.2. The summed E-state index contributed by atoms with van der Waals surface area (Å²) in [7, 11) is 0. The number of nitrogens with zero attached hydrogens (tertiary/aromatic N) is 2. The van der Waals surface area contributed by atoms with Crippen LogP contribution in [-0.2, 0) is 0 Å². The first-order valence-electron chi connectivity index (χ1n) is 11.3. The molecule has 3 aromatic carbocycles. The van der Waals surface area contributed by atoms with Gasteiger partial charge in [-0.05, 0) is 54.4 Å². The molecule has 2 aliphatic rings. The lowest BCUT2D eigenvalue weighted by molar-refractivity contribution is -0.0191. The Labute approximate surface area is 198 Å². The molecule has 0 bridgehead atoms. The molecule has 0 aliphatic carbocycles. The van der Waals surface area contributed by atoms with E-state index in [4.69, 9.17) is 14.6 Å². The van der Waals surface area contributed by atoms with Gasteiger partial charge in [0.2, 0.25) is 6.23 Å². The van der Waals surface area contributed by atoms with E-state index in [1.165, 1.54) is 18.4 Å². The summed E-state index contributed by atoms with van der Waals surface area (Å²) < 4.78 is 13.4. The van der Waals surface area contributed by atoms with E-state index in [1.54, 1.807) is 0 Å². The van der Waals surface area contributed by atoms with E-state index < -0.39 is 0 Å². The van der Waals surface area contributed by atoms with E-state index in [9.17, 15) is 0 Å². The number of hydrogen-bond acceptors (Lipinski definition) is 4. The Hall–Kier alpha value is -2.79. The Balaban J connectivity index is 1.44. The zero-order chi connectivity index (χ0) is 21.9. The van der Waals surface area contributed by atoms with Crippen LogP contribution in [0.15, 0.2) is 82.4 Å². The largest absolute Gasteiger partial charge is 0.494 e. The predicted molar refractivity (Wildman–Crippen MR) is 131 cm³/mol. The third-order valence-electron chi connectivity index (χ3n) is 6.04. The summed E-state index contributed by atoms with van der Waals surface area (Å²) >= 11 is 3.62. The van der Waals surface area contributed by atoms with Gasteiger partial charge in [-0.25, -0.2) is 5.01 Å². The monoisotopic (exact) mass is 490 g/mol. The smallest absolute Gasteiger partial charge is 0.213 e. The van der Waals surface area contributed by atoms with Gasteiger partial charge < -0.3 is 9.47 Å². The van der Waals surface area contributed by atoms with E-state index in [-0.39, 0.29) is 12.3 Å². The van der Waals surface area contributed by atoms with Crippen molar-refractivity contribution in [1.29, 1.82) is 0 Å². The van der Waals surface area contributed by atoms with Crippen molar-refractivity contribution in [3.63, 3.8) is 0 Å². The molecular formula is C27H27BrN2O2. The number of rotatable bonds is 7. The Morgan fingerprint density at radius 3 is 2.62 bits per heavy atom. The molecule has 5 heteroatoms. The van der Waals surface area contributed by atoms with Crippen molar-refractivity contribution in [3.05, 3.63) is 94.0 Å². The number of hydrogen-bond donors (Lipinski definition) is 0. The number of fused-ring (bicyclic) bond motifs is 3. The van der Waals surface area contributed by atoms with E-state index in [0.717, 1.165) is 52.3 Å². The molecule has 2 aliphatic heterocycles. The first-order chi connectivity index (χ1) is 15.7. The molecule has 0 unspecified atom stereocenters. The highest BCUT2D eigenvalue weighted by Crippen LogP contribution is 2.48. The van der Waals surface area contributed by atoms with Crippen LogP contribution in [0.5, 0.6) is 11.5 Å². The topological polar surface area (TPSA) is 34.1 Å². The first-order valence-corrected chi connectivity index (χ1v) is 12.1. The highest BCUT2D eigenvalue weighted by Gasteiger charge is 2.41. The predicted octanol–water partition coefficient (Wildman–Crippen LogP) is 7.26. The molecule has 3 aromatic rings. The van der Waals surface area contributed by atoms with Gasteiger partial charge in [0.05, 0.1) is 18.4 Å². The van der Waals surface area contributed by atoms with E-state index >= 15 is 0 Å². The molecule has 0 amide bonds. The van der Waals surface area contributed by atoms with Gasteiger partial charge in [0.1, 0.15) is 11.5 Å². The van der Waals surface area contributed by atoms with Crippen LogP contribution in [0, 0.1) is 0 Å². The minimum Gasteiger partial charge on any atom is -0.494 e. The second-order valence-electron chi connectivity index (χ2n) is 8.29. The van der Waals surface area contributed by atoms with Gasteiger partial charge in [-0.3, -0.25) is 0 Å². The highest BCUT2D eigenvalue weighted by molar-refractivity contribution is 9.10. The van der Waals surface area contributed by atoms with Gasteiger partial charge in [0.15, 0.2) is 0 Å². The molecule has 0 spiro atoms. The van der Waals surface area contributed by atoms with Crippen LogP contribution in [-0.4, -0.2) is 17.3 Å². The first kappa shape index (κ1) is 21.1. The van der Waals surface area contributed by atoms with Crippen LogP contribution >= 0.6 is 15.9 Å². The standard InChI is InChI=1S/C27H27BrN2O2/c1-2-3-7-16-31-22-13-10-20(11-14-22)27-30-25(23-17-21(28)12-15-26(23)32-27)18-24(29-30)19-8-5-4-6-9-19/h4-6,8-15,17,25,27H,2-3,7,16,18H2,1H3/t25-,27+/m1/s1. The third-order valence-corrected chi connectivity index (χ3v) is 6.53. The second kappa shape index (κ2) is 9.37. The van der Waals surface area contributed by atoms with Crippen molar-refractivity contribution in [2.75, 3.05) is 6.61 Å². The molecule has 0 N–H and O–H groups in total. The van der Waals surface area contributed by atoms with Gasteiger partial charge >= 0.3 is 0 Å². The molecule has 5 rings (SSSR count). The van der Waals surface area contributed by atoms with Crippen molar-refractivity contribution in [3.8, 4) is 11.5 Å². The van der Waals surface area contributed by atoms with Crippen LogP contribution in [0.3, 0.4) is 0 Å². The second-order valence-corrected chi connectivity index (χ2v) is 9.21. The van der Waals surface area contributed by atoms with Gasteiger partial charge in [0, 0.05) is 22.0 Å². The maximum atomic E-state index is 6.48. The van der Waals surface area contributed by atoms with Crippen molar-refractivity contribution in [2.45, 2.75) is 44.9 Å². The lowest BCUT2D eigenvalue weighted by Crippen LogP contribution is -2.33. The molecule has 0 saturated heterocycles. The molecule has 4 nitrogen and oxygen atoms in total. The fourth-order valence-corrected chi connectivity index (χ4v) is 4.73. The van der Waals surface area contributed by atoms with E-state index in [1.807, 2.05) is 24.3 Å². The normalized spacial score (nSPS) is 19.1. The molecule has 32 heavy (non-hydrogen) atoms. The molecule has 0 fully saturated rings. The molecule has 164 valence electrons. The van der Waals surface area contributed by atoms with Gasteiger partial charge in [-0.1, -0.05) is 66.0 Å². The zero-order valence-corrected chi connectivity index (χ0v) is 19.8. The number of halogens is 1. The van der Waals surface area contributed by atoms with Crippen LogP contribution in [0.2, 0.25) is 0 Å². The number of hydrazone groups is 1. The molecule has 0 saturated carbocycles. The molecular weight excluding hydrogens is 464 g/mol. The van der Waals surface area contributed by atoms with Crippen LogP contribution in [0.25, 0.3) is 0 Å². The summed E-state index contributed by atoms with van der Waals surface area (Å²) in [4.78, 5) is 0. The van der Waals surface area contributed by atoms with E-state index in [2.05, 4.69) is 76.4 Å². The Morgan fingerprint density at radius 2 is 1.84 bits per heavy atom. The number of unbranched alkanes of at least 4 members (excludes halogenated alkanes) is 2. The van der Waals surface area contributed by atoms with Gasteiger partial charge in [-0.15, -0.1) is 0 Å². The maximum Gasteiger partial charge on any atom is 0.213 e. The van der Waals surface area contributed by atoms with Crippen molar-refractivity contribution < 1.29 is 9.47 Å². The average molecular weight is 491 g/mol.